The molecule has 0 radical (unpaired) electrons. The van der Waals surface area contributed by atoms with E-state index >= 15 is 0 Å². The number of hydrogen-bond acceptors (Lipinski definition) is 2. The Hall–Kier alpha value is -6.94. The summed E-state index contributed by atoms with van der Waals surface area (Å²) in [7, 11) is 0. The summed E-state index contributed by atoms with van der Waals surface area (Å²) in [4.78, 5) is 2.45. The average molecular weight is 719 g/mol. The molecule has 0 N–H and O–H groups in total. The molecule has 0 saturated heterocycles. The van der Waals surface area contributed by atoms with Gasteiger partial charge in [0.1, 0.15) is 0 Å². The lowest BCUT2D eigenvalue weighted by atomic mass is 9.98. The molecule has 0 bridgehead atoms. The Morgan fingerprint density at radius 1 is 0.382 bits per heavy atom. The number of nitrogens with zero attached hydrogens (tertiary/aromatic N) is 2. The van der Waals surface area contributed by atoms with Crippen LogP contribution in [0.5, 0.6) is 0 Å². The molecule has 0 saturated carbocycles. The lowest BCUT2D eigenvalue weighted by Gasteiger charge is -2.29. The van der Waals surface area contributed by atoms with Crippen molar-refractivity contribution in [1.29, 1.82) is 0 Å². The van der Waals surface area contributed by atoms with Crippen molar-refractivity contribution in [3.05, 3.63) is 206 Å². The smallest absolute Gasteiger partial charge is 0.0782 e. The number of benzene rings is 9. The van der Waals surface area contributed by atoms with E-state index in [0.717, 1.165) is 22.7 Å². The van der Waals surface area contributed by atoms with Crippen LogP contribution in [0.1, 0.15) is 0 Å². The summed E-state index contributed by atoms with van der Waals surface area (Å²) in [5.41, 5.74) is 11.6. The van der Waals surface area contributed by atoms with E-state index in [1.54, 1.807) is 0 Å². The van der Waals surface area contributed by atoms with Gasteiger partial charge >= 0.3 is 0 Å². The molecule has 0 spiro atoms. The molecular formula is C52H34N2S. The largest absolute Gasteiger partial charge is 0.308 e. The van der Waals surface area contributed by atoms with Crippen LogP contribution in [0.4, 0.5) is 17.1 Å². The van der Waals surface area contributed by atoms with Gasteiger partial charge in [-0.15, -0.1) is 11.3 Å². The van der Waals surface area contributed by atoms with Crippen LogP contribution in [0.15, 0.2) is 206 Å². The van der Waals surface area contributed by atoms with Gasteiger partial charge in [0.15, 0.2) is 0 Å². The molecule has 9 aromatic carbocycles. The highest BCUT2D eigenvalue weighted by Crippen LogP contribution is 2.46. The molecule has 3 heteroatoms. The number of para-hydroxylation sites is 4. The first kappa shape index (κ1) is 31.6. The van der Waals surface area contributed by atoms with Gasteiger partial charge in [-0.2, -0.15) is 0 Å². The van der Waals surface area contributed by atoms with Crippen molar-refractivity contribution in [3.63, 3.8) is 0 Å². The van der Waals surface area contributed by atoms with Gasteiger partial charge in [0, 0.05) is 47.9 Å². The molecule has 2 nitrogen and oxygen atoms in total. The topological polar surface area (TPSA) is 8.17 Å². The predicted molar refractivity (Wildman–Crippen MR) is 237 cm³/mol. The molecule has 2 heterocycles. The highest BCUT2D eigenvalue weighted by Gasteiger charge is 2.23. The molecule has 55 heavy (non-hydrogen) atoms. The highest BCUT2D eigenvalue weighted by molar-refractivity contribution is 7.25. The van der Waals surface area contributed by atoms with Crippen molar-refractivity contribution >= 4 is 81.1 Å². The molecule has 11 rings (SSSR count). The number of anilines is 3. The predicted octanol–water partition coefficient (Wildman–Crippen LogP) is 15.1. The van der Waals surface area contributed by atoms with Crippen molar-refractivity contribution in [2.75, 3.05) is 4.90 Å². The van der Waals surface area contributed by atoms with Crippen molar-refractivity contribution in [2.24, 2.45) is 0 Å². The Bertz CT molecular complexity index is 3190. The summed E-state index contributed by atoms with van der Waals surface area (Å²) >= 11 is 1.87. The van der Waals surface area contributed by atoms with E-state index in [9.17, 15) is 0 Å². The summed E-state index contributed by atoms with van der Waals surface area (Å²) in [6.45, 7) is 0. The minimum absolute atomic E-state index is 1.09. The first-order valence-electron chi connectivity index (χ1n) is 18.8. The monoisotopic (exact) mass is 718 g/mol. The van der Waals surface area contributed by atoms with Crippen LogP contribution in [-0.4, -0.2) is 4.57 Å². The summed E-state index contributed by atoms with van der Waals surface area (Å²) in [5, 5.41) is 7.64. The number of hydrogen-bond donors (Lipinski definition) is 0. The fraction of sp³-hybridized carbons (Fsp3) is 0. The second kappa shape index (κ2) is 12.9. The van der Waals surface area contributed by atoms with Gasteiger partial charge < -0.3 is 9.47 Å². The van der Waals surface area contributed by atoms with Crippen molar-refractivity contribution in [1.82, 2.24) is 4.57 Å². The highest BCUT2D eigenvalue weighted by atomic mass is 32.1. The summed E-state index contributed by atoms with van der Waals surface area (Å²) in [6, 6.07) is 75.2. The first-order valence-corrected chi connectivity index (χ1v) is 19.6. The molecule has 0 atom stereocenters. The molecule has 2 aromatic heterocycles. The standard InChI is InChI=1S/C52H34N2S/c1-3-14-36(15-4-1)42-18-7-10-22-47(42)53(49-24-13-21-45-43-19-8-11-23-48(43)54(52(45)49)40-16-5-2-6-17-40)41-30-28-35(29-31-41)37-26-27-38-34-51-46(33-39(38)32-37)44-20-9-12-25-50(44)55-51/h1-34H. The Kier molecular flexibility index (Phi) is 7.39. The SMILES string of the molecule is c1ccc(-c2ccccc2N(c2ccc(-c3ccc4cc5sc6ccccc6c5cc4c3)cc2)c2cccc3c4ccccc4n(-c4ccccc4)c23)cc1. The maximum atomic E-state index is 2.45. The van der Waals surface area contributed by atoms with Crippen LogP contribution >= 0.6 is 11.3 Å². The third kappa shape index (κ3) is 5.24. The third-order valence-electron chi connectivity index (χ3n) is 11.0. The summed E-state index contributed by atoms with van der Waals surface area (Å²) < 4.78 is 5.10. The molecule has 0 unspecified atom stereocenters. The van der Waals surface area contributed by atoms with E-state index in [4.69, 9.17) is 0 Å². The maximum Gasteiger partial charge on any atom is 0.0782 e. The Labute approximate surface area is 323 Å². The molecule has 0 amide bonds. The van der Waals surface area contributed by atoms with Crippen LogP contribution < -0.4 is 4.90 Å². The van der Waals surface area contributed by atoms with E-state index in [2.05, 4.69) is 216 Å². The number of thiophene rings is 1. The number of aromatic nitrogens is 1. The fourth-order valence-electron chi connectivity index (χ4n) is 8.42. The lowest BCUT2D eigenvalue weighted by molar-refractivity contribution is 1.17. The van der Waals surface area contributed by atoms with Crippen LogP contribution in [0, 0.1) is 0 Å². The van der Waals surface area contributed by atoms with E-state index < -0.39 is 0 Å². The zero-order valence-electron chi connectivity index (χ0n) is 29.9. The molecular weight excluding hydrogens is 685 g/mol. The Morgan fingerprint density at radius 3 is 1.91 bits per heavy atom. The van der Waals surface area contributed by atoms with Crippen LogP contribution in [-0.2, 0) is 0 Å². The minimum atomic E-state index is 1.09. The Morgan fingerprint density at radius 2 is 1.05 bits per heavy atom. The maximum absolute atomic E-state index is 2.45. The summed E-state index contributed by atoms with van der Waals surface area (Å²) in [5.74, 6) is 0. The molecule has 0 fully saturated rings. The van der Waals surface area contributed by atoms with Gasteiger partial charge in [-0.1, -0.05) is 140 Å². The second-order valence-corrected chi connectivity index (χ2v) is 15.2. The normalized spacial score (nSPS) is 11.6. The van der Waals surface area contributed by atoms with E-state index in [1.165, 1.54) is 75.0 Å². The van der Waals surface area contributed by atoms with Gasteiger partial charge in [0.25, 0.3) is 0 Å². The second-order valence-electron chi connectivity index (χ2n) is 14.1. The van der Waals surface area contributed by atoms with Gasteiger partial charge in [0.2, 0.25) is 0 Å². The first-order chi connectivity index (χ1) is 27.3. The molecule has 258 valence electrons. The van der Waals surface area contributed by atoms with Crippen LogP contribution in [0.3, 0.4) is 0 Å². The lowest BCUT2D eigenvalue weighted by Crippen LogP contribution is -2.12. The van der Waals surface area contributed by atoms with Crippen LogP contribution in [0.2, 0.25) is 0 Å². The Balaban J connectivity index is 1.11. The van der Waals surface area contributed by atoms with E-state index in [-0.39, 0.29) is 0 Å². The fourth-order valence-corrected chi connectivity index (χ4v) is 9.55. The molecule has 0 aliphatic heterocycles. The van der Waals surface area contributed by atoms with Crippen molar-refractivity contribution in [2.45, 2.75) is 0 Å². The van der Waals surface area contributed by atoms with Gasteiger partial charge in [-0.05, 0) is 94.2 Å². The quantitative estimate of drug-likeness (QED) is 0.166. The van der Waals surface area contributed by atoms with E-state index in [1.807, 2.05) is 11.3 Å². The number of rotatable bonds is 6. The van der Waals surface area contributed by atoms with Gasteiger partial charge in [0.05, 0.1) is 22.4 Å². The van der Waals surface area contributed by atoms with Crippen LogP contribution in [0.25, 0.3) is 80.7 Å². The summed E-state index contributed by atoms with van der Waals surface area (Å²) in [6.07, 6.45) is 0. The number of fused-ring (bicyclic) bond motifs is 7. The average Bonchev–Trinajstić information content (AvgIpc) is 3.79. The minimum Gasteiger partial charge on any atom is -0.308 e. The van der Waals surface area contributed by atoms with Crippen molar-refractivity contribution < 1.29 is 0 Å². The zero-order valence-corrected chi connectivity index (χ0v) is 30.7. The third-order valence-corrected chi connectivity index (χ3v) is 12.1. The van der Waals surface area contributed by atoms with Crippen molar-refractivity contribution in [3.8, 4) is 27.9 Å². The van der Waals surface area contributed by atoms with E-state index in [0.29, 0.717) is 0 Å². The van der Waals surface area contributed by atoms with Gasteiger partial charge in [-0.25, -0.2) is 0 Å². The van der Waals surface area contributed by atoms with Gasteiger partial charge in [-0.3, -0.25) is 0 Å². The molecule has 0 aliphatic rings. The zero-order chi connectivity index (χ0) is 36.3. The molecule has 0 aliphatic carbocycles. The molecule has 11 aromatic rings.